The van der Waals surface area contributed by atoms with Gasteiger partial charge in [0.15, 0.2) is 0 Å². The molecule has 0 saturated heterocycles. The van der Waals surface area contributed by atoms with Crippen molar-refractivity contribution in [1.29, 1.82) is 0 Å². The number of likely N-dealkylation sites (N-methyl/N-ethyl adjacent to an activating group) is 1. The first kappa shape index (κ1) is 15.0. The summed E-state index contributed by atoms with van der Waals surface area (Å²) in [6.07, 6.45) is 11.4. The van der Waals surface area contributed by atoms with Crippen LogP contribution in [0.5, 0.6) is 0 Å². The summed E-state index contributed by atoms with van der Waals surface area (Å²) in [6.45, 7) is 0.956. The summed E-state index contributed by atoms with van der Waals surface area (Å²) in [4.78, 5) is 6.78. The van der Waals surface area contributed by atoms with E-state index in [1.807, 2.05) is 18.5 Å². The number of aromatic nitrogens is 1. The van der Waals surface area contributed by atoms with Crippen LogP contribution in [-0.2, 0) is 6.54 Å². The summed E-state index contributed by atoms with van der Waals surface area (Å²) in [5.74, 6) is 0. The molecule has 0 aliphatic heterocycles. The molecule has 0 saturated carbocycles. The van der Waals surface area contributed by atoms with Crippen LogP contribution in [-0.4, -0.2) is 16.9 Å². The average molecular weight is 292 g/mol. The van der Waals surface area contributed by atoms with Crippen LogP contribution < -0.4 is 0 Å². The van der Waals surface area contributed by atoms with E-state index in [2.05, 4.69) is 59.4 Å². The van der Waals surface area contributed by atoms with Crippen LogP contribution in [0.3, 0.4) is 0 Å². The second-order valence-electron chi connectivity index (χ2n) is 6.11. The number of rotatable bonds is 5. The van der Waals surface area contributed by atoms with Crippen LogP contribution in [0, 0.1) is 0 Å². The molecule has 22 heavy (non-hydrogen) atoms. The minimum atomic E-state index is 0.342. The van der Waals surface area contributed by atoms with E-state index in [1.165, 1.54) is 36.8 Å². The first-order chi connectivity index (χ1) is 10.8. The molecular weight excluding hydrogens is 268 g/mol. The Bertz CT molecular complexity index is 604. The van der Waals surface area contributed by atoms with Crippen molar-refractivity contribution in [3.05, 3.63) is 77.6 Å². The highest BCUT2D eigenvalue weighted by Crippen LogP contribution is 2.34. The Labute approximate surface area is 133 Å². The highest BCUT2D eigenvalue weighted by molar-refractivity contribution is 5.27. The number of nitrogens with zero attached hydrogens (tertiary/aromatic N) is 2. The van der Waals surface area contributed by atoms with Gasteiger partial charge in [0, 0.05) is 18.9 Å². The van der Waals surface area contributed by atoms with Gasteiger partial charge < -0.3 is 0 Å². The van der Waals surface area contributed by atoms with E-state index in [-0.39, 0.29) is 0 Å². The highest BCUT2D eigenvalue weighted by Gasteiger charge is 2.22. The van der Waals surface area contributed by atoms with Crippen LogP contribution in [0.4, 0.5) is 0 Å². The van der Waals surface area contributed by atoms with Crippen LogP contribution in [0.25, 0.3) is 0 Å². The molecule has 2 heteroatoms. The molecule has 0 spiro atoms. The van der Waals surface area contributed by atoms with Gasteiger partial charge in [-0.05, 0) is 49.9 Å². The molecule has 2 nitrogen and oxygen atoms in total. The first-order valence-electron chi connectivity index (χ1n) is 8.17. The molecule has 1 aromatic carbocycles. The molecule has 1 unspecified atom stereocenters. The van der Waals surface area contributed by atoms with Crippen LogP contribution >= 0.6 is 0 Å². The number of hydrogen-bond donors (Lipinski definition) is 0. The number of hydrogen-bond acceptors (Lipinski definition) is 2. The minimum Gasteiger partial charge on any atom is -0.291 e. The lowest BCUT2D eigenvalue weighted by Gasteiger charge is -2.32. The van der Waals surface area contributed by atoms with E-state index in [9.17, 15) is 0 Å². The van der Waals surface area contributed by atoms with E-state index in [0.717, 1.165) is 6.54 Å². The molecule has 0 N–H and O–H groups in total. The van der Waals surface area contributed by atoms with Gasteiger partial charge in [-0.2, -0.15) is 0 Å². The number of pyridine rings is 1. The average Bonchev–Trinajstić information content (AvgIpc) is 2.58. The Hall–Kier alpha value is -1.93. The SMILES string of the molecule is CN(Cc1ccccc1)C(C1=CCCCC1)c1cccnc1. The summed E-state index contributed by atoms with van der Waals surface area (Å²) >= 11 is 0. The summed E-state index contributed by atoms with van der Waals surface area (Å²) < 4.78 is 0. The summed E-state index contributed by atoms with van der Waals surface area (Å²) in [5.41, 5.74) is 4.21. The maximum Gasteiger partial charge on any atom is 0.0576 e. The van der Waals surface area contributed by atoms with Crippen molar-refractivity contribution in [3.63, 3.8) is 0 Å². The molecule has 1 heterocycles. The normalized spacial score (nSPS) is 16.4. The van der Waals surface area contributed by atoms with Crippen molar-refractivity contribution in [2.75, 3.05) is 7.05 Å². The molecule has 1 aromatic heterocycles. The Balaban J connectivity index is 1.86. The van der Waals surface area contributed by atoms with Crippen molar-refractivity contribution >= 4 is 0 Å². The third-order valence-electron chi connectivity index (χ3n) is 4.39. The predicted octanol–water partition coefficient (Wildman–Crippen LogP) is 4.76. The molecule has 1 aliphatic rings. The van der Waals surface area contributed by atoms with Crippen molar-refractivity contribution in [2.24, 2.45) is 0 Å². The molecule has 3 rings (SSSR count). The zero-order valence-electron chi connectivity index (χ0n) is 13.3. The summed E-state index contributed by atoms with van der Waals surface area (Å²) in [5, 5.41) is 0. The van der Waals surface area contributed by atoms with Crippen molar-refractivity contribution < 1.29 is 0 Å². The first-order valence-corrected chi connectivity index (χ1v) is 8.17. The Morgan fingerprint density at radius 2 is 1.95 bits per heavy atom. The Kier molecular flexibility index (Phi) is 5.02. The molecule has 0 bridgehead atoms. The molecule has 1 aliphatic carbocycles. The fourth-order valence-electron chi connectivity index (χ4n) is 3.36. The standard InChI is InChI=1S/C20H24N2/c1-22(16-17-9-4-2-5-10-17)20(18-11-6-3-7-12-18)19-13-8-14-21-15-19/h2,4-5,8-11,13-15,20H,3,6-7,12,16H2,1H3. The van der Waals surface area contributed by atoms with E-state index >= 15 is 0 Å². The minimum absolute atomic E-state index is 0.342. The van der Waals surface area contributed by atoms with Gasteiger partial charge in [0.05, 0.1) is 6.04 Å². The zero-order valence-corrected chi connectivity index (χ0v) is 13.3. The van der Waals surface area contributed by atoms with Gasteiger partial charge >= 0.3 is 0 Å². The topological polar surface area (TPSA) is 16.1 Å². The van der Waals surface area contributed by atoms with Gasteiger partial charge in [-0.3, -0.25) is 9.88 Å². The Morgan fingerprint density at radius 3 is 2.64 bits per heavy atom. The molecule has 0 radical (unpaired) electrons. The molecular formula is C20H24N2. The Morgan fingerprint density at radius 1 is 1.09 bits per heavy atom. The van der Waals surface area contributed by atoms with Gasteiger partial charge in [0.25, 0.3) is 0 Å². The van der Waals surface area contributed by atoms with Crippen LogP contribution in [0.2, 0.25) is 0 Å². The maximum absolute atomic E-state index is 4.34. The van der Waals surface area contributed by atoms with Gasteiger partial charge in [0.1, 0.15) is 0 Å². The zero-order chi connectivity index (χ0) is 15.2. The van der Waals surface area contributed by atoms with Crippen molar-refractivity contribution in [1.82, 2.24) is 9.88 Å². The third kappa shape index (κ3) is 3.63. The molecule has 2 aromatic rings. The summed E-state index contributed by atoms with van der Waals surface area (Å²) in [6, 6.07) is 15.3. The largest absolute Gasteiger partial charge is 0.291 e. The van der Waals surface area contributed by atoms with Crippen LogP contribution in [0.1, 0.15) is 42.9 Å². The molecule has 0 amide bonds. The lowest BCUT2D eigenvalue weighted by molar-refractivity contribution is 0.259. The smallest absolute Gasteiger partial charge is 0.0576 e. The quantitative estimate of drug-likeness (QED) is 0.739. The lowest BCUT2D eigenvalue weighted by atomic mass is 9.89. The predicted molar refractivity (Wildman–Crippen MR) is 91.4 cm³/mol. The maximum atomic E-state index is 4.34. The molecule has 1 atom stereocenters. The number of allylic oxidation sites excluding steroid dienone is 1. The third-order valence-corrected chi connectivity index (χ3v) is 4.39. The van der Waals surface area contributed by atoms with E-state index in [1.54, 1.807) is 5.57 Å². The highest BCUT2D eigenvalue weighted by atomic mass is 15.1. The van der Waals surface area contributed by atoms with E-state index in [0.29, 0.717) is 6.04 Å². The fourth-order valence-corrected chi connectivity index (χ4v) is 3.36. The molecule has 114 valence electrons. The molecule has 0 fully saturated rings. The van der Waals surface area contributed by atoms with Gasteiger partial charge in [-0.25, -0.2) is 0 Å². The number of benzene rings is 1. The van der Waals surface area contributed by atoms with Gasteiger partial charge in [-0.15, -0.1) is 0 Å². The second kappa shape index (κ2) is 7.37. The van der Waals surface area contributed by atoms with Crippen molar-refractivity contribution in [2.45, 2.75) is 38.3 Å². The van der Waals surface area contributed by atoms with Crippen molar-refractivity contribution in [3.8, 4) is 0 Å². The van der Waals surface area contributed by atoms with Gasteiger partial charge in [-0.1, -0.05) is 48.0 Å². The lowest BCUT2D eigenvalue weighted by Crippen LogP contribution is -2.26. The van der Waals surface area contributed by atoms with E-state index < -0.39 is 0 Å². The van der Waals surface area contributed by atoms with E-state index in [4.69, 9.17) is 0 Å². The fraction of sp³-hybridized carbons (Fsp3) is 0.350. The van der Waals surface area contributed by atoms with Gasteiger partial charge in [0.2, 0.25) is 0 Å². The monoisotopic (exact) mass is 292 g/mol. The van der Waals surface area contributed by atoms with Crippen LogP contribution in [0.15, 0.2) is 66.5 Å². The summed E-state index contributed by atoms with van der Waals surface area (Å²) in [7, 11) is 2.22. The second-order valence-corrected chi connectivity index (χ2v) is 6.11.